The summed E-state index contributed by atoms with van der Waals surface area (Å²) in [6.07, 6.45) is 0. The SMILES string of the molecule is CC(C)c1c2c(cc(Cl)c1C(C)(C)O)OCO2. The van der Waals surface area contributed by atoms with E-state index in [2.05, 4.69) is 0 Å². The number of benzene rings is 1. The Hall–Kier alpha value is -0.930. The van der Waals surface area contributed by atoms with Crippen LogP contribution in [0, 0.1) is 0 Å². The Balaban J connectivity index is 2.74. The number of halogens is 1. The van der Waals surface area contributed by atoms with Gasteiger partial charge < -0.3 is 14.6 Å². The van der Waals surface area contributed by atoms with Gasteiger partial charge in [-0.3, -0.25) is 0 Å². The molecule has 0 saturated heterocycles. The normalized spacial score (nSPS) is 14.5. The van der Waals surface area contributed by atoms with Gasteiger partial charge in [0.15, 0.2) is 11.5 Å². The molecule has 17 heavy (non-hydrogen) atoms. The highest BCUT2D eigenvalue weighted by atomic mass is 35.5. The zero-order valence-electron chi connectivity index (χ0n) is 10.5. The average Bonchev–Trinajstić information content (AvgIpc) is 2.60. The Morgan fingerprint density at radius 2 is 2.00 bits per heavy atom. The van der Waals surface area contributed by atoms with Gasteiger partial charge in [0, 0.05) is 17.2 Å². The van der Waals surface area contributed by atoms with E-state index >= 15 is 0 Å². The van der Waals surface area contributed by atoms with E-state index in [4.69, 9.17) is 21.1 Å². The van der Waals surface area contributed by atoms with Gasteiger partial charge >= 0.3 is 0 Å². The summed E-state index contributed by atoms with van der Waals surface area (Å²) in [6.45, 7) is 7.75. The molecule has 1 aliphatic rings. The maximum atomic E-state index is 10.2. The molecule has 1 N–H and O–H groups in total. The van der Waals surface area contributed by atoms with Gasteiger partial charge in [0.1, 0.15) is 0 Å². The largest absolute Gasteiger partial charge is 0.454 e. The highest BCUT2D eigenvalue weighted by Crippen LogP contribution is 2.47. The Morgan fingerprint density at radius 1 is 1.35 bits per heavy atom. The maximum Gasteiger partial charge on any atom is 0.231 e. The number of hydrogen-bond donors (Lipinski definition) is 1. The van der Waals surface area contributed by atoms with Crippen LogP contribution < -0.4 is 9.47 Å². The Labute approximate surface area is 106 Å². The first kappa shape index (κ1) is 12.5. The molecule has 0 fully saturated rings. The number of ether oxygens (including phenoxy) is 2. The summed E-state index contributed by atoms with van der Waals surface area (Å²) in [5.74, 6) is 1.57. The Bertz CT molecular complexity index is 447. The summed E-state index contributed by atoms with van der Waals surface area (Å²) in [5.41, 5.74) is 0.647. The van der Waals surface area contributed by atoms with Gasteiger partial charge in [-0.15, -0.1) is 0 Å². The summed E-state index contributed by atoms with van der Waals surface area (Å²) in [7, 11) is 0. The summed E-state index contributed by atoms with van der Waals surface area (Å²) in [6, 6.07) is 1.71. The van der Waals surface area contributed by atoms with E-state index in [1.54, 1.807) is 19.9 Å². The Kier molecular flexibility index (Phi) is 3.00. The highest BCUT2D eigenvalue weighted by molar-refractivity contribution is 6.31. The first-order valence-corrected chi connectivity index (χ1v) is 6.05. The zero-order chi connectivity index (χ0) is 12.8. The number of hydrogen-bond acceptors (Lipinski definition) is 3. The summed E-state index contributed by atoms with van der Waals surface area (Å²) < 4.78 is 10.8. The number of fused-ring (bicyclic) bond motifs is 1. The lowest BCUT2D eigenvalue weighted by Gasteiger charge is -2.26. The molecule has 0 aromatic heterocycles. The maximum absolute atomic E-state index is 10.2. The number of rotatable bonds is 2. The van der Waals surface area contributed by atoms with Crippen LogP contribution in [0.5, 0.6) is 11.5 Å². The molecule has 3 nitrogen and oxygen atoms in total. The van der Waals surface area contributed by atoms with E-state index in [0.29, 0.717) is 16.5 Å². The lowest BCUT2D eigenvalue weighted by molar-refractivity contribution is 0.0770. The fourth-order valence-corrected chi connectivity index (χ4v) is 2.64. The van der Waals surface area contributed by atoms with Crippen LogP contribution in [0.4, 0.5) is 0 Å². The van der Waals surface area contributed by atoms with E-state index in [1.807, 2.05) is 13.8 Å². The second-order valence-electron chi connectivity index (χ2n) is 5.09. The van der Waals surface area contributed by atoms with Gasteiger partial charge in [-0.05, 0) is 19.8 Å². The molecule has 1 heterocycles. The predicted molar refractivity (Wildman–Crippen MR) is 66.9 cm³/mol. The first-order valence-electron chi connectivity index (χ1n) is 5.67. The van der Waals surface area contributed by atoms with Gasteiger partial charge in [-0.2, -0.15) is 0 Å². The van der Waals surface area contributed by atoms with Crippen LogP contribution in [0.2, 0.25) is 5.02 Å². The minimum atomic E-state index is -1.00. The molecule has 0 amide bonds. The smallest absolute Gasteiger partial charge is 0.231 e. The van der Waals surface area contributed by atoms with Crippen molar-refractivity contribution in [2.75, 3.05) is 6.79 Å². The third kappa shape index (κ3) is 2.09. The molecular weight excluding hydrogens is 240 g/mol. The van der Waals surface area contributed by atoms with Crippen LogP contribution in [0.3, 0.4) is 0 Å². The average molecular weight is 257 g/mol. The van der Waals surface area contributed by atoms with Gasteiger partial charge in [0.05, 0.1) is 10.6 Å². The molecule has 0 atom stereocenters. The third-order valence-corrected chi connectivity index (χ3v) is 3.14. The molecule has 0 unspecified atom stereocenters. The van der Waals surface area contributed by atoms with Crippen molar-refractivity contribution in [1.29, 1.82) is 0 Å². The van der Waals surface area contributed by atoms with Crippen molar-refractivity contribution in [3.8, 4) is 11.5 Å². The predicted octanol–water partition coefficient (Wildman–Crippen LogP) is 3.42. The van der Waals surface area contributed by atoms with E-state index in [-0.39, 0.29) is 12.7 Å². The zero-order valence-corrected chi connectivity index (χ0v) is 11.3. The highest BCUT2D eigenvalue weighted by Gasteiger charge is 2.31. The molecule has 1 aliphatic heterocycles. The van der Waals surface area contributed by atoms with Gasteiger partial charge in [0.2, 0.25) is 6.79 Å². The van der Waals surface area contributed by atoms with Crippen molar-refractivity contribution >= 4 is 11.6 Å². The van der Waals surface area contributed by atoms with Crippen molar-refractivity contribution in [3.05, 3.63) is 22.2 Å². The fourth-order valence-electron chi connectivity index (χ4n) is 2.21. The van der Waals surface area contributed by atoms with Crippen LogP contribution in [-0.4, -0.2) is 11.9 Å². The van der Waals surface area contributed by atoms with Gasteiger partial charge in [-0.25, -0.2) is 0 Å². The van der Waals surface area contributed by atoms with E-state index < -0.39 is 5.60 Å². The monoisotopic (exact) mass is 256 g/mol. The van der Waals surface area contributed by atoms with Gasteiger partial charge in [-0.1, -0.05) is 25.4 Å². The van der Waals surface area contributed by atoms with Crippen LogP contribution in [0.25, 0.3) is 0 Å². The molecule has 0 bridgehead atoms. The standard InChI is InChI=1S/C13H17ClO3/c1-7(2)10-11(13(3,4)15)8(14)5-9-12(10)17-6-16-9/h5,7,15H,6H2,1-4H3. The minimum absolute atomic E-state index is 0.200. The summed E-state index contributed by atoms with van der Waals surface area (Å²) in [4.78, 5) is 0. The van der Waals surface area contributed by atoms with E-state index in [0.717, 1.165) is 11.1 Å². The molecule has 4 heteroatoms. The minimum Gasteiger partial charge on any atom is -0.454 e. The molecular formula is C13H17ClO3. The molecule has 0 saturated carbocycles. The molecule has 2 rings (SSSR count). The van der Waals surface area contributed by atoms with Crippen molar-refractivity contribution < 1.29 is 14.6 Å². The molecule has 0 aliphatic carbocycles. The molecule has 1 aromatic rings. The number of aliphatic hydroxyl groups is 1. The topological polar surface area (TPSA) is 38.7 Å². The molecule has 1 aromatic carbocycles. The quantitative estimate of drug-likeness (QED) is 0.881. The summed E-state index contributed by atoms with van der Waals surface area (Å²) in [5, 5.41) is 10.8. The van der Waals surface area contributed by atoms with Crippen molar-refractivity contribution in [3.63, 3.8) is 0 Å². The molecule has 0 spiro atoms. The van der Waals surface area contributed by atoms with Crippen molar-refractivity contribution in [2.24, 2.45) is 0 Å². The third-order valence-electron chi connectivity index (χ3n) is 2.84. The molecule has 94 valence electrons. The Morgan fingerprint density at radius 3 is 2.53 bits per heavy atom. The van der Waals surface area contributed by atoms with E-state index in [9.17, 15) is 5.11 Å². The van der Waals surface area contributed by atoms with Gasteiger partial charge in [0.25, 0.3) is 0 Å². The lowest BCUT2D eigenvalue weighted by atomic mass is 9.87. The van der Waals surface area contributed by atoms with Crippen molar-refractivity contribution in [1.82, 2.24) is 0 Å². The van der Waals surface area contributed by atoms with Crippen molar-refractivity contribution in [2.45, 2.75) is 39.2 Å². The molecule has 0 radical (unpaired) electrons. The van der Waals surface area contributed by atoms with Crippen LogP contribution in [0.15, 0.2) is 6.07 Å². The fraction of sp³-hybridized carbons (Fsp3) is 0.538. The lowest BCUT2D eigenvalue weighted by Crippen LogP contribution is -2.19. The second-order valence-corrected chi connectivity index (χ2v) is 5.50. The summed E-state index contributed by atoms with van der Waals surface area (Å²) >= 11 is 6.25. The van der Waals surface area contributed by atoms with Crippen LogP contribution in [-0.2, 0) is 5.60 Å². The van der Waals surface area contributed by atoms with Crippen LogP contribution in [0.1, 0.15) is 44.7 Å². The van der Waals surface area contributed by atoms with Crippen LogP contribution >= 0.6 is 11.6 Å². The van der Waals surface area contributed by atoms with E-state index in [1.165, 1.54) is 0 Å². The second kappa shape index (κ2) is 4.07. The first-order chi connectivity index (χ1) is 7.82.